The van der Waals surface area contributed by atoms with E-state index in [0.717, 1.165) is 64.5 Å². The molecule has 0 N–H and O–H groups in total. The van der Waals surface area contributed by atoms with E-state index in [0.29, 0.717) is 0 Å². The lowest BCUT2D eigenvalue weighted by Gasteiger charge is -2.19. The molecule has 308 valence electrons. The first-order valence-corrected chi connectivity index (χ1v) is 21.9. The highest BCUT2D eigenvalue weighted by atomic mass is 19.5. The monoisotopic (exact) mass is 822 g/mol. The van der Waals surface area contributed by atoms with E-state index >= 15 is 0 Å². The molecule has 9 aliphatic rings. The molecule has 0 saturated carbocycles. The van der Waals surface area contributed by atoms with Crippen molar-refractivity contribution >= 4 is 46.5 Å². The summed E-state index contributed by atoms with van der Waals surface area (Å²) in [6, 6.07) is 60.4. The lowest BCUT2D eigenvalue weighted by molar-refractivity contribution is -0.424. The van der Waals surface area contributed by atoms with Crippen molar-refractivity contribution in [1.29, 1.82) is 0 Å². The number of aryl methyl sites for hydroxylation is 8. The molecule has 0 radical (unpaired) electrons. The Labute approximate surface area is 360 Å². The van der Waals surface area contributed by atoms with Crippen LogP contribution in [-0.2, 0) is 51.4 Å². The van der Waals surface area contributed by atoms with Crippen LogP contribution in [0.5, 0.6) is 0 Å². The molecule has 17 rings (SSSR count). The van der Waals surface area contributed by atoms with E-state index in [4.69, 9.17) is 0 Å². The zero-order chi connectivity index (χ0) is 42.2. The molecular weight excluding hydrogens is 775 g/mol. The molecule has 0 amide bonds. The Kier molecular flexibility index (Phi) is 10.7. The first-order chi connectivity index (χ1) is 30.2. The number of rotatable bonds is 4. The van der Waals surface area contributed by atoms with Crippen molar-refractivity contribution in [3.8, 4) is 22.3 Å². The number of nitrogens with zero attached hydrogens (tertiary/aromatic N) is 2. The molecule has 0 aromatic heterocycles. The van der Waals surface area contributed by atoms with Gasteiger partial charge in [-0.3, -0.25) is 0 Å². The fourth-order valence-corrected chi connectivity index (χ4v) is 9.88. The molecule has 8 aromatic rings. The minimum absolute atomic E-state index is 0.987. The summed E-state index contributed by atoms with van der Waals surface area (Å²) in [6.07, 6.45) is 10.6. The van der Waals surface area contributed by atoms with Gasteiger partial charge in [-0.2, -0.15) is 0 Å². The van der Waals surface area contributed by atoms with Crippen LogP contribution in [0.15, 0.2) is 158 Å². The maximum absolute atomic E-state index is 9.75. The van der Waals surface area contributed by atoms with Gasteiger partial charge in [-0.1, -0.05) is 146 Å². The van der Waals surface area contributed by atoms with Gasteiger partial charge in [0.2, 0.25) is 6.34 Å². The molecule has 2 nitrogen and oxygen atoms in total. The SMILES string of the molecule is C1=[N+](c2cc3ccc2CCc2ccc(cc2-c2cccc4ccccc24)CC3)CCN1c1cc2ccc1CCc1ccc(cc1-c1cccc3ccccc13)CC2.F[B-](F)(F)F. The van der Waals surface area contributed by atoms with Crippen LogP contribution in [-0.4, -0.2) is 31.3 Å². The van der Waals surface area contributed by atoms with Crippen LogP contribution in [0.1, 0.15) is 44.5 Å². The van der Waals surface area contributed by atoms with Gasteiger partial charge in [0.05, 0.1) is 0 Å². The topological polar surface area (TPSA) is 6.25 Å². The molecule has 8 aliphatic carbocycles. The smallest absolute Gasteiger partial charge is 0.418 e. The highest BCUT2D eigenvalue weighted by Gasteiger charge is 2.28. The van der Waals surface area contributed by atoms with Gasteiger partial charge in [-0.05, 0) is 152 Å². The fourth-order valence-electron chi connectivity index (χ4n) is 9.88. The Morgan fingerprint density at radius 3 is 1.40 bits per heavy atom. The Hall–Kier alpha value is -6.47. The first-order valence-electron chi connectivity index (χ1n) is 21.9. The van der Waals surface area contributed by atoms with Gasteiger partial charge in [0.15, 0.2) is 0 Å². The lowest BCUT2D eigenvalue weighted by Crippen LogP contribution is -2.20. The van der Waals surface area contributed by atoms with Gasteiger partial charge >= 0.3 is 7.25 Å². The highest BCUT2D eigenvalue weighted by molar-refractivity contribution is 6.50. The van der Waals surface area contributed by atoms with Crippen molar-refractivity contribution in [1.82, 2.24) is 0 Å². The predicted octanol–water partition coefficient (Wildman–Crippen LogP) is 13.6. The summed E-state index contributed by atoms with van der Waals surface area (Å²) in [6.45, 7) is 1.97. The maximum Gasteiger partial charge on any atom is 0.673 e. The molecule has 0 unspecified atom stereocenters. The van der Waals surface area contributed by atoms with E-state index in [2.05, 4.69) is 174 Å². The molecule has 0 atom stereocenters. The summed E-state index contributed by atoms with van der Waals surface area (Å²) >= 11 is 0. The fraction of sp³-hybridized carbons (Fsp3) is 0.182. The average molecular weight is 823 g/mol. The van der Waals surface area contributed by atoms with Crippen molar-refractivity contribution < 1.29 is 21.8 Å². The highest BCUT2D eigenvalue weighted by Crippen LogP contribution is 2.37. The first kappa shape index (κ1) is 39.7. The Balaban J connectivity index is 0.000000869. The zero-order valence-electron chi connectivity index (χ0n) is 34.6. The van der Waals surface area contributed by atoms with Gasteiger partial charge in [0.1, 0.15) is 24.5 Å². The largest absolute Gasteiger partial charge is 0.673 e. The van der Waals surface area contributed by atoms with Crippen LogP contribution in [0, 0.1) is 0 Å². The number of fused-ring (bicyclic) bond motifs is 2. The number of hydrogen-bond donors (Lipinski definition) is 0. The average Bonchev–Trinajstić information content (AvgIpc) is 3.77. The molecule has 0 saturated heterocycles. The quantitative estimate of drug-likeness (QED) is 0.0974. The molecule has 1 aliphatic heterocycles. The van der Waals surface area contributed by atoms with Crippen LogP contribution in [0.3, 0.4) is 0 Å². The zero-order valence-corrected chi connectivity index (χ0v) is 34.6. The van der Waals surface area contributed by atoms with Crippen molar-refractivity contribution in [3.63, 3.8) is 0 Å². The van der Waals surface area contributed by atoms with E-state index in [9.17, 15) is 17.3 Å². The van der Waals surface area contributed by atoms with E-state index in [1.54, 1.807) is 0 Å². The summed E-state index contributed by atoms with van der Waals surface area (Å²) in [7, 11) is -6.00. The van der Waals surface area contributed by atoms with Crippen LogP contribution < -0.4 is 4.90 Å². The van der Waals surface area contributed by atoms with Gasteiger partial charge in [0.25, 0.3) is 0 Å². The van der Waals surface area contributed by atoms with Crippen LogP contribution in [0.4, 0.5) is 28.6 Å². The van der Waals surface area contributed by atoms with Gasteiger partial charge < -0.3 is 17.3 Å². The maximum atomic E-state index is 9.75. The lowest BCUT2D eigenvalue weighted by atomic mass is 9.88. The molecule has 62 heavy (non-hydrogen) atoms. The van der Waals surface area contributed by atoms with Crippen LogP contribution >= 0.6 is 0 Å². The molecule has 8 bridgehead atoms. The molecule has 0 spiro atoms. The third-order valence-corrected chi connectivity index (χ3v) is 13.0. The molecule has 0 fully saturated rings. The summed E-state index contributed by atoms with van der Waals surface area (Å²) < 4.78 is 41.5. The summed E-state index contributed by atoms with van der Waals surface area (Å²) in [5, 5.41) is 5.29. The third kappa shape index (κ3) is 8.41. The summed E-state index contributed by atoms with van der Waals surface area (Å²) in [5.41, 5.74) is 19.7. The predicted molar refractivity (Wildman–Crippen MR) is 250 cm³/mol. The minimum Gasteiger partial charge on any atom is -0.418 e. The summed E-state index contributed by atoms with van der Waals surface area (Å²) in [5.74, 6) is 0. The Morgan fingerprint density at radius 1 is 0.403 bits per heavy atom. The molecule has 8 aromatic carbocycles. The summed E-state index contributed by atoms with van der Waals surface area (Å²) in [4.78, 5) is 2.55. The van der Waals surface area contributed by atoms with Crippen LogP contribution in [0.2, 0.25) is 0 Å². The van der Waals surface area contributed by atoms with Crippen molar-refractivity contribution in [2.24, 2.45) is 0 Å². The number of benzene rings is 8. The van der Waals surface area contributed by atoms with Crippen molar-refractivity contribution in [2.75, 3.05) is 18.0 Å². The Bertz CT molecular complexity index is 2990. The van der Waals surface area contributed by atoms with Gasteiger partial charge in [0, 0.05) is 0 Å². The van der Waals surface area contributed by atoms with E-state index < -0.39 is 7.25 Å². The molecule has 7 heteroatoms. The van der Waals surface area contributed by atoms with E-state index in [1.807, 2.05) is 0 Å². The second kappa shape index (κ2) is 16.8. The number of anilines is 1. The van der Waals surface area contributed by atoms with Gasteiger partial charge in [-0.15, -0.1) is 0 Å². The van der Waals surface area contributed by atoms with Crippen molar-refractivity contribution in [3.05, 3.63) is 202 Å². The molecular formula is C55H47BF4N2. The number of hydrogen-bond acceptors (Lipinski definition) is 1. The standard InChI is InChI=1S/C55H47N2.BF4/c1-3-11-48-42(7-1)9-5-13-50(48)52-33-38-15-17-40-21-25-46(29-27-44(52)23-19-38)54(35-40)56-31-32-57(37-56)55-36-41-18-16-39-20-24-45(28-30-47(55)26-22-41)53(34-39)51-14-6-10-43-8-2-4-12-49(43)51;2-1(3,4)5/h1-14,19-26,33-37H,15-18,27-32H2;/q+1;-1. The third-order valence-electron chi connectivity index (χ3n) is 13.0. The van der Waals surface area contributed by atoms with Gasteiger partial charge in [-0.25, -0.2) is 9.48 Å². The van der Waals surface area contributed by atoms with E-state index in [1.165, 1.54) is 99.7 Å². The minimum atomic E-state index is -6.00. The second-order valence-corrected chi connectivity index (χ2v) is 17.0. The normalized spacial score (nSPS) is 14.8. The number of halogens is 4. The van der Waals surface area contributed by atoms with E-state index in [-0.39, 0.29) is 0 Å². The van der Waals surface area contributed by atoms with Crippen LogP contribution in [0.25, 0.3) is 43.8 Å². The van der Waals surface area contributed by atoms with Crippen molar-refractivity contribution in [2.45, 2.75) is 51.4 Å². The molecule has 1 heterocycles. The second-order valence-electron chi connectivity index (χ2n) is 17.0. The Morgan fingerprint density at radius 2 is 0.839 bits per heavy atom.